The molecule has 0 fully saturated rings. The third-order valence-electron chi connectivity index (χ3n) is 3.45. The van der Waals surface area contributed by atoms with Crippen molar-refractivity contribution in [2.75, 3.05) is 11.9 Å². The number of carbonyl (C=O) groups is 1. The van der Waals surface area contributed by atoms with E-state index in [1.807, 2.05) is 32.9 Å². The van der Waals surface area contributed by atoms with Crippen LogP contribution in [-0.2, 0) is 6.54 Å². The van der Waals surface area contributed by atoms with Crippen molar-refractivity contribution in [3.05, 3.63) is 51.0 Å². The lowest BCUT2D eigenvalue weighted by molar-refractivity contribution is 0.0697. The number of carboxylic acids is 1. The number of halogens is 2. The summed E-state index contributed by atoms with van der Waals surface area (Å²) in [6.45, 7) is 6.84. The van der Waals surface area contributed by atoms with E-state index in [0.29, 0.717) is 30.3 Å². The van der Waals surface area contributed by atoms with Crippen LogP contribution in [0.3, 0.4) is 0 Å². The van der Waals surface area contributed by atoms with Crippen molar-refractivity contribution in [2.45, 2.75) is 33.4 Å². The maximum absolute atomic E-state index is 11.2. The molecule has 2 N–H and O–H groups in total. The number of ether oxygens (including phenoxy) is 2. The van der Waals surface area contributed by atoms with Crippen LogP contribution < -0.4 is 14.8 Å². The molecule has 0 heterocycles. The molecule has 26 heavy (non-hydrogen) atoms. The molecule has 0 aliphatic rings. The van der Waals surface area contributed by atoms with Gasteiger partial charge >= 0.3 is 5.97 Å². The highest BCUT2D eigenvalue weighted by atomic mass is 79.9. The first-order valence-electron chi connectivity index (χ1n) is 8.20. The zero-order valence-corrected chi connectivity index (χ0v) is 17.1. The molecule has 0 aliphatic heterocycles. The van der Waals surface area contributed by atoms with Gasteiger partial charge in [0.25, 0.3) is 0 Å². The molecule has 2 rings (SSSR count). The molecule has 5 nitrogen and oxygen atoms in total. The van der Waals surface area contributed by atoms with Crippen LogP contribution in [-0.4, -0.2) is 23.8 Å². The van der Waals surface area contributed by atoms with Gasteiger partial charge in [0.15, 0.2) is 11.5 Å². The van der Waals surface area contributed by atoms with E-state index in [9.17, 15) is 4.79 Å². The summed E-state index contributed by atoms with van der Waals surface area (Å²) in [5, 5.41) is 12.6. The van der Waals surface area contributed by atoms with Gasteiger partial charge < -0.3 is 19.9 Å². The maximum atomic E-state index is 11.2. The molecule has 2 aromatic carbocycles. The second-order valence-corrected chi connectivity index (χ2v) is 7.10. The Hall–Kier alpha value is -1.92. The number of benzene rings is 2. The number of hydrogen-bond acceptors (Lipinski definition) is 4. The summed E-state index contributed by atoms with van der Waals surface area (Å²) in [7, 11) is 0. The number of anilines is 1. The average Bonchev–Trinajstić information content (AvgIpc) is 2.56. The maximum Gasteiger partial charge on any atom is 0.337 e. The van der Waals surface area contributed by atoms with E-state index in [1.54, 1.807) is 12.1 Å². The minimum absolute atomic E-state index is 0.0357. The smallest absolute Gasteiger partial charge is 0.337 e. The predicted molar refractivity (Wildman–Crippen MR) is 107 cm³/mol. The van der Waals surface area contributed by atoms with Crippen LogP contribution in [0, 0.1) is 0 Å². The number of aromatic carboxylic acids is 1. The molecule has 0 aliphatic carbocycles. The van der Waals surface area contributed by atoms with Crippen LogP contribution in [0.5, 0.6) is 11.5 Å². The zero-order valence-electron chi connectivity index (χ0n) is 14.8. The van der Waals surface area contributed by atoms with Crippen molar-refractivity contribution in [2.24, 2.45) is 0 Å². The van der Waals surface area contributed by atoms with E-state index >= 15 is 0 Å². The fourth-order valence-electron chi connectivity index (χ4n) is 2.32. The second-order valence-electron chi connectivity index (χ2n) is 5.84. The van der Waals surface area contributed by atoms with E-state index in [0.717, 1.165) is 10.0 Å². The second kappa shape index (κ2) is 9.14. The van der Waals surface area contributed by atoms with Gasteiger partial charge in [0.2, 0.25) is 0 Å². The number of rotatable bonds is 8. The molecule has 0 amide bonds. The highest BCUT2D eigenvalue weighted by Crippen LogP contribution is 2.35. The average molecular weight is 443 g/mol. The summed E-state index contributed by atoms with van der Waals surface area (Å²) in [6, 6.07) is 8.60. The predicted octanol–water partition coefficient (Wildman–Crippen LogP) is 5.60. The molecule has 7 heteroatoms. The third kappa shape index (κ3) is 5.29. The van der Waals surface area contributed by atoms with Crippen LogP contribution in [0.25, 0.3) is 0 Å². The SMILES string of the molecule is CCOc1cc(CNc2ccc(Cl)c(C(=O)O)c2)c(Br)cc1OC(C)C. The quantitative estimate of drug-likeness (QED) is 0.557. The summed E-state index contributed by atoms with van der Waals surface area (Å²) in [6.07, 6.45) is 0.0357. The lowest BCUT2D eigenvalue weighted by Gasteiger charge is -2.17. The number of carboxylic acid groups (broad SMARTS) is 1. The van der Waals surface area contributed by atoms with E-state index in [2.05, 4.69) is 21.2 Å². The molecule has 2 aromatic rings. The van der Waals surface area contributed by atoms with Crippen molar-refractivity contribution in [3.8, 4) is 11.5 Å². The Morgan fingerprint density at radius 3 is 2.62 bits per heavy atom. The molecular formula is C19H21BrClNO4. The number of nitrogens with one attached hydrogen (secondary N) is 1. The fraction of sp³-hybridized carbons (Fsp3) is 0.316. The summed E-state index contributed by atoms with van der Waals surface area (Å²) in [5.74, 6) is 0.286. The van der Waals surface area contributed by atoms with Crippen LogP contribution in [0.4, 0.5) is 5.69 Å². The van der Waals surface area contributed by atoms with E-state index in [1.165, 1.54) is 6.07 Å². The lowest BCUT2D eigenvalue weighted by atomic mass is 10.1. The minimum Gasteiger partial charge on any atom is -0.490 e. The van der Waals surface area contributed by atoms with Crippen LogP contribution in [0.15, 0.2) is 34.8 Å². The molecule has 0 bridgehead atoms. The van der Waals surface area contributed by atoms with Crippen LogP contribution in [0.1, 0.15) is 36.7 Å². The molecular weight excluding hydrogens is 422 g/mol. The van der Waals surface area contributed by atoms with Crippen LogP contribution >= 0.6 is 27.5 Å². The van der Waals surface area contributed by atoms with Gasteiger partial charge in [-0.05, 0) is 56.7 Å². The number of hydrogen-bond donors (Lipinski definition) is 2. The van der Waals surface area contributed by atoms with Crippen molar-refractivity contribution in [3.63, 3.8) is 0 Å². The molecule has 0 aromatic heterocycles. The third-order valence-corrected chi connectivity index (χ3v) is 4.52. The monoisotopic (exact) mass is 441 g/mol. The van der Waals surface area contributed by atoms with Crippen molar-refractivity contribution in [1.29, 1.82) is 0 Å². The van der Waals surface area contributed by atoms with Gasteiger partial charge in [-0.2, -0.15) is 0 Å². The Kier molecular flexibility index (Phi) is 7.17. The van der Waals surface area contributed by atoms with E-state index in [4.69, 9.17) is 26.2 Å². The first-order chi connectivity index (χ1) is 12.3. The van der Waals surface area contributed by atoms with Gasteiger partial charge in [-0.25, -0.2) is 4.79 Å². The van der Waals surface area contributed by atoms with E-state index < -0.39 is 5.97 Å². The molecule has 0 radical (unpaired) electrons. The minimum atomic E-state index is -1.06. The van der Waals surface area contributed by atoms with Gasteiger partial charge in [0, 0.05) is 16.7 Å². The van der Waals surface area contributed by atoms with Crippen molar-refractivity contribution >= 4 is 39.2 Å². The van der Waals surface area contributed by atoms with Crippen LogP contribution in [0.2, 0.25) is 5.02 Å². The molecule has 140 valence electrons. The molecule has 0 spiro atoms. The Labute approximate surface area is 166 Å². The Morgan fingerprint density at radius 1 is 1.27 bits per heavy atom. The van der Waals surface area contributed by atoms with E-state index in [-0.39, 0.29) is 16.7 Å². The molecule has 0 atom stereocenters. The highest BCUT2D eigenvalue weighted by molar-refractivity contribution is 9.10. The summed E-state index contributed by atoms with van der Waals surface area (Å²) >= 11 is 9.46. The largest absolute Gasteiger partial charge is 0.490 e. The fourth-order valence-corrected chi connectivity index (χ4v) is 2.98. The van der Waals surface area contributed by atoms with Gasteiger partial charge in [-0.1, -0.05) is 27.5 Å². The first-order valence-corrected chi connectivity index (χ1v) is 9.37. The standard InChI is InChI=1S/C19H21BrClNO4/c1-4-25-17-7-12(15(20)9-18(17)26-11(2)3)10-22-13-5-6-16(21)14(8-13)19(23)24/h5-9,11,22H,4,10H2,1-3H3,(H,23,24). The Morgan fingerprint density at radius 2 is 2.00 bits per heavy atom. The lowest BCUT2D eigenvalue weighted by Crippen LogP contribution is -2.09. The summed E-state index contributed by atoms with van der Waals surface area (Å²) < 4.78 is 12.4. The molecule has 0 saturated carbocycles. The van der Waals surface area contributed by atoms with Gasteiger partial charge in [0.05, 0.1) is 23.3 Å². The topological polar surface area (TPSA) is 67.8 Å². The Bertz CT molecular complexity index is 795. The highest BCUT2D eigenvalue weighted by Gasteiger charge is 2.13. The van der Waals surface area contributed by atoms with Gasteiger partial charge in [0.1, 0.15) is 0 Å². The van der Waals surface area contributed by atoms with Gasteiger partial charge in [-0.3, -0.25) is 0 Å². The van der Waals surface area contributed by atoms with Crippen molar-refractivity contribution in [1.82, 2.24) is 0 Å². The zero-order chi connectivity index (χ0) is 19.3. The van der Waals surface area contributed by atoms with Crippen molar-refractivity contribution < 1.29 is 19.4 Å². The molecule has 0 saturated heterocycles. The Balaban J connectivity index is 2.22. The summed E-state index contributed by atoms with van der Waals surface area (Å²) in [4.78, 5) is 11.2. The first kappa shape index (κ1) is 20.4. The molecule has 0 unspecified atom stereocenters. The normalized spacial score (nSPS) is 10.7. The summed E-state index contributed by atoms with van der Waals surface area (Å²) in [5.41, 5.74) is 1.68. The van der Waals surface area contributed by atoms with Gasteiger partial charge in [-0.15, -0.1) is 0 Å².